The summed E-state index contributed by atoms with van der Waals surface area (Å²) in [7, 11) is 0. The molecular weight excluding hydrogens is 224 g/mol. The fourth-order valence-electron chi connectivity index (χ4n) is 2.11. The van der Waals surface area contributed by atoms with Gasteiger partial charge in [-0.1, -0.05) is 12.8 Å². The molecule has 0 aliphatic heterocycles. The second kappa shape index (κ2) is 4.86. The molecule has 5 nitrogen and oxygen atoms in total. The Morgan fingerprint density at radius 2 is 2.38 bits per heavy atom. The summed E-state index contributed by atoms with van der Waals surface area (Å²) in [5.74, 6) is 0.118. The largest absolute Gasteiger partial charge is 0.348 e. The molecule has 1 fully saturated rings. The third kappa shape index (κ3) is 2.37. The first kappa shape index (κ1) is 11.4. The van der Waals surface area contributed by atoms with Gasteiger partial charge < -0.3 is 5.32 Å². The van der Waals surface area contributed by atoms with Gasteiger partial charge in [-0.25, -0.2) is 4.98 Å². The van der Waals surface area contributed by atoms with Crippen molar-refractivity contribution in [3.63, 3.8) is 0 Å². The first-order valence-corrected chi connectivity index (χ1v) is 6.67. The van der Waals surface area contributed by atoms with Gasteiger partial charge in [-0.05, 0) is 19.1 Å². The van der Waals surface area contributed by atoms with Crippen molar-refractivity contribution in [2.45, 2.75) is 30.4 Å². The molecular formula is C10H16N4OS. The maximum atomic E-state index is 11.7. The van der Waals surface area contributed by atoms with Crippen molar-refractivity contribution in [2.75, 3.05) is 12.8 Å². The lowest BCUT2D eigenvalue weighted by Gasteiger charge is -2.26. The van der Waals surface area contributed by atoms with E-state index in [1.54, 1.807) is 0 Å². The predicted molar refractivity (Wildman–Crippen MR) is 63.4 cm³/mol. The standard InChI is InChI=1S/C10H16N4OS/c1-16-10(4-2-3-5-10)6-11-9(15)8-12-7-13-14-8/h7H,2-6H2,1H3,(H,11,15)(H,12,13,14). The van der Waals surface area contributed by atoms with E-state index < -0.39 is 0 Å². The summed E-state index contributed by atoms with van der Waals surface area (Å²) >= 11 is 1.86. The molecule has 16 heavy (non-hydrogen) atoms. The van der Waals surface area contributed by atoms with E-state index in [1.165, 1.54) is 32.0 Å². The maximum absolute atomic E-state index is 11.7. The quantitative estimate of drug-likeness (QED) is 0.830. The number of thioether (sulfide) groups is 1. The number of aromatic nitrogens is 3. The molecule has 1 aromatic heterocycles. The zero-order valence-electron chi connectivity index (χ0n) is 9.32. The highest BCUT2D eigenvalue weighted by molar-refractivity contribution is 8.00. The minimum Gasteiger partial charge on any atom is -0.348 e. The third-order valence-electron chi connectivity index (χ3n) is 3.15. The third-order valence-corrected chi connectivity index (χ3v) is 4.57. The minimum atomic E-state index is -0.169. The van der Waals surface area contributed by atoms with E-state index in [1.807, 2.05) is 11.8 Å². The van der Waals surface area contributed by atoms with E-state index >= 15 is 0 Å². The molecule has 1 heterocycles. The van der Waals surface area contributed by atoms with Crippen molar-refractivity contribution in [1.29, 1.82) is 0 Å². The van der Waals surface area contributed by atoms with Gasteiger partial charge in [-0.15, -0.1) is 0 Å². The SMILES string of the molecule is CSC1(CNC(=O)c2ncn[nH]2)CCCC1. The van der Waals surface area contributed by atoms with Gasteiger partial charge >= 0.3 is 0 Å². The molecule has 0 aromatic carbocycles. The Kier molecular flexibility index (Phi) is 3.48. The average Bonchev–Trinajstić information content (AvgIpc) is 2.98. The summed E-state index contributed by atoms with van der Waals surface area (Å²) in [6.45, 7) is 0.716. The van der Waals surface area contributed by atoms with Crippen LogP contribution in [-0.4, -0.2) is 38.6 Å². The molecule has 1 amide bonds. The van der Waals surface area contributed by atoms with Gasteiger partial charge in [0.25, 0.3) is 5.91 Å². The van der Waals surface area contributed by atoms with Crippen LogP contribution in [0.2, 0.25) is 0 Å². The molecule has 0 radical (unpaired) electrons. The number of aromatic amines is 1. The fourth-order valence-corrected chi connectivity index (χ4v) is 3.03. The average molecular weight is 240 g/mol. The molecule has 1 aromatic rings. The molecule has 88 valence electrons. The van der Waals surface area contributed by atoms with Crippen molar-refractivity contribution in [3.05, 3.63) is 12.2 Å². The fraction of sp³-hybridized carbons (Fsp3) is 0.700. The van der Waals surface area contributed by atoms with Crippen LogP contribution < -0.4 is 5.32 Å². The van der Waals surface area contributed by atoms with Gasteiger partial charge in [0.15, 0.2) is 0 Å². The van der Waals surface area contributed by atoms with Crippen LogP contribution in [0, 0.1) is 0 Å². The van der Waals surface area contributed by atoms with Crippen molar-refractivity contribution in [2.24, 2.45) is 0 Å². The minimum absolute atomic E-state index is 0.169. The van der Waals surface area contributed by atoms with Crippen molar-refractivity contribution in [3.8, 4) is 0 Å². The Hall–Kier alpha value is -1.04. The number of carbonyl (C=O) groups is 1. The van der Waals surface area contributed by atoms with Gasteiger partial charge in [0.05, 0.1) is 0 Å². The monoisotopic (exact) mass is 240 g/mol. The zero-order chi connectivity index (χ0) is 11.4. The topological polar surface area (TPSA) is 70.7 Å². The lowest BCUT2D eigenvalue weighted by molar-refractivity contribution is 0.0939. The summed E-state index contributed by atoms with van der Waals surface area (Å²) < 4.78 is 0.232. The first-order valence-electron chi connectivity index (χ1n) is 5.44. The Labute approximate surface area is 98.8 Å². The second-order valence-electron chi connectivity index (χ2n) is 4.11. The van der Waals surface area contributed by atoms with Crippen LogP contribution in [0.4, 0.5) is 0 Å². The number of amides is 1. The number of nitrogens with zero attached hydrogens (tertiary/aromatic N) is 2. The molecule has 0 spiro atoms. The molecule has 1 saturated carbocycles. The lowest BCUT2D eigenvalue weighted by atomic mass is 10.1. The number of H-pyrrole nitrogens is 1. The van der Waals surface area contributed by atoms with Crippen LogP contribution in [-0.2, 0) is 0 Å². The smallest absolute Gasteiger partial charge is 0.288 e. The summed E-state index contributed by atoms with van der Waals surface area (Å²) in [6, 6.07) is 0. The number of nitrogens with one attached hydrogen (secondary N) is 2. The normalized spacial score (nSPS) is 18.6. The first-order chi connectivity index (χ1) is 7.76. The summed E-state index contributed by atoms with van der Waals surface area (Å²) in [5, 5.41) is 9.15. The highest BCUT2D eigenvalue weighted by atomic mass is 32.2. The van der Waals surface area contributed by atoms with Gasteiger partial charge in [0, 0.05) is 11.3 Å². The highest BCUT2D eigenvalue weighted by Gasteiger charge is 2.33. The van der Waals surface area contributed by atoms with Crippen molar-refractivity contribution >= 4 is 17.7 Å². The zero-order valence-corrected chi connectivity index (χ0v) is 10.1. The number of hydrogen-bond acceptors (Lipinski definition) is 4. The maximum Gasteiger partial charge on any atom is 0.288 e. The van der Waals surface area contributed by atoms with E-state index in [9.17, 15) is 4.79 Å². The number of hydrogen-bond donors (Lipinski definition) is 2. The van der Waals surface area contributed by atoms with Crippen LogP contribution >= 0.6 is 11.8 Å². The molecule has 2 rings (SSSR count). The van der Waals surface area contributed by atoms with Crippen LogP contribution in [0.1, 0.15) is 36.3 Å². The molecule has 1 aliphatic rings. The van der Waals surface area contributed by atoms with E-state index in [0.29, 0.717) is 6.54 Å². The van der Waals surface area contributed by atoms with Crippen LogP contribution in [0.15, 0.2) is 6.33 Å². The van der Waals surface area contributed by atoms with Crippen LogP contribution in [0.5, 0.6) is 0 Å². The highest BCUT2D eigenvalue weighted by Crippen LogP contribution is 2.39. The van der Waals surface area contributed by atoms with Crippen molar-refractivity contribution < 1.29 is 4.79 Å². The second-order valence-corrected chi connectivity index (χ2v) is 5.39. The van der Waals surface area contributed by atoms with E-state index in [4.69, 9.17) is 0 Å². The Morgan fingerprint density at radius 3 is 2.94 bits per heavy atom. The molecule has 2 N–H and O–H groups in total. The molecule has 6 heteroatoms. The Bertz CT molecular complexity index is 346. The van der Waals surface area contributed by atoms with Gasteiger partial charge in [0.1, 0.15) is 6.33 Å². The Morgan fingerprint density at radius 1 is 1.62 bits per heavy atom. The van der Waals surface area contributed by atoms with Crippen molar-refractivity contribution in [1.82, 2.24) is 20.5 Å². The van der Waals surface area contributed by atoms with Crippen LogP contribution in [0.25, 0.3) is 0 Å². The molecule has 0 saturated heterocycles. The number of carbonyl (C=O) groups excluding carboxylic acids is 1. The molecule has 1 aliphatic carbocycles. The molecule has 0 bridgehead atoms. The predicted octanol–water partition coefficient (Wildman–Crippen LogP) is 1.21. The lowest BCUT2D eigenvalue weighted by Crippen LogP contribution is -2.38. The van der Waals surface area contributed by atoms with E-state index in [-0.39, 0.29) is 16.5 Å². The summed E-state index contributed by atoms with van der Waals surface area (Å²) in [6.07, 6.45) is 8.36. The molecule has 0 unspecified atom stereocenters. The van der Waals surface area contributed by atoms with Gasteiger partial charge in [-0.3, -0.25) is 9.89 Å². The van der Waals surface area contributed by atoms with Gasteiger partial charge in [-0.2, -0.15) is 16.9 Å². The number of rotatable bonds is 4. The van der Waals surface area contributed by atoms with E-state index in [2.05, 4.69) is 26.8 Å². The van der Waals surface area contributed by atoms with Gasteiger partial charge in [0.2, 0.25) is 5.82 Å². The summed E-state index contributed by atoms with van der Waals surface area (Å²) in [5.41, 5.74) is 0. The Balaban J connectivity index is 1.89. The molecule has 0 atom stereocenters. The summed E-state index contributed by atoms with van der Waals surface area (Å²) in [4.78, 5) is 15.5. The van der Waals surface area contributed by atoms with Crippen LogP contribution in [0.3, 0.4) is 0 Å². The van der Waals surface area contributed by atoms with E-state index in [0.717, 1.165) is 0 Å².